The van der Waals surface area contributed by atoms with Crippen LogP contribution in [0, 0.1) is 0 Å². The van der Waals surface area contributed by atoms with Gasteiger partial charge in [-0.2, -0.15) is 0 Å². The minimum Gasteiger partial charge on any atom is -0.497 e. The third-order valence-electron chi connectivity index (χ3n) is 7.75. The zero-order chi connectivity index (χ0) is 32.9. The summed E-state index contributed by atoms with van der Waals surface area (Å²) in [5.41, 5.74) is 9.67. The highest BCUT2D eigenvalue weighted by Gasteiger charge is 2.49. The summed E-state index contributed by atoms with van der Waals surface area (Å²) in [4.78, 5) is 30.0. The van der Waals surface area contributed by atoms with Crippen molar-refractivity contribution in [2.75, 3.05) is 20.8 Å². The van der Waals surface area contributed by atoms with E-state index in [1.807, 2.05) is 98.5 Å². The van der Waals surface area contributed by atoms with E-state index in [4.69, 9.17) is 23.4 Å². The van der Waals surface area contributed by atoms with Crippen LogP contribution in [0.3, 0.4) is 0 Å². The first kappa shape index (κ1) is 32.7. The first-order valence-corrected chi connectivity index (χ1v) is 18.2. The SMILES string of the molecule is COc1ccc(C(OC[C@H]2O[C@@H](n3ccc(=O)[nH]c3=O)[C@H](N=[N+]=[N-])[C@@H]2O[Si](C)(C)C)(c2ccccc2)c2ccc(OC)cc2)cc1. The summed E-state index contributed by atoms with van der Waals surface area (Å²) in [6.07, 6.45) is -1.26. The lowest BCUT2D eigenvalue weighted by atomic mass is 9.80. The number of ether oxygens (including phenoxy) is 4. The third-order valence-corrected chi connectivity index (χ3v) is 8.73. The van der Waals surface area contributed by atoms with E-state index < -0.39 is 49.6 Å². The van der Waals surface area contributed by atoms with Gasteiger partial charge in [0.15, 0.2) is 8.32 Å². The fourth-order valence-electron chi connectivity index (χ4n) is 5.73. The number of rotatable bonds is 12. The predicted octanol–water partition coefficient (Wildman–Crippen LogP) is 5.36. The van der Waals surface area contributed by atoms with E-state index >= 15 is 0 Å². The van der Waals surface area contributed by atoms with Gasteiger partial charge in [0.1, 0.15) is 35.5 Å². The number of aromatic nitrogens is 2. The van der Waals surface area contributed by atoms with E-state index in [-0.39, 0.29) is 6.61 Å². The minimum atomic E-state index is -2.27. The molecule has 0 amide bonds. The predicted molar refractivity (Wildman–Crippen MR) is 175 cm³/mol. The third kappa shape index (κ3) is 6.78. The Labute approximate surface area is 267 Å². The first-order valence-electron chi connectivity index (χ1n) is 14.8. The van der Waals surface area contributed by atoms with Crippen LogP contribution in [-0.4, -0.2) is 56.9 Å². The molecule has 1 N–H and O–H groups in total. The summed E-state index contributed by atoms with van der Waals surface area (Å²) in [7, 11) is 0.954. The standard InChI is InChI=1S/C33H37N5O7Si/c1-41-25-15-11-23(12-16-25)33(22-9-7-6-8-10-22,24-13-17-26(42-2)18-14-24)43-21-27-30(45-46(3,4)5)29(36-37-34)31(44-27)38-20-19-28(39)35-32(38)40/h6-20,27,29-31H,21H2,1-5H3,(H,35,39,40)/t27-,29-,30-,31-/m1/s1. The van der Waals surface area contributed by atoms with Gasteiger partial charge < -0.3 is 23.4 Å². The number of aromatic amines is 1. The molecular formula is C33H37N5O7Si. The lowest BCUT2D eigenvalue weighted by Gasteiger charge is -2.38. The van der Waals surface area contributed by atoms with Gasteiger partial charge >= 0.3 is 5.69 Å². The van der Waals surface area contributed by atoms with Gasteiger partial charge in [0.25, 0.3) is 5.56 Å². The average molecular weight is 644 g/mol. The molecule has 0 bridgehead atoms. The molecule has 3 aromatic carbocycles. The van der Waals surface area contributed by atoms with Crippen molar-refractivity contribution >= 4 is 8.32 Å². The van der Waals surface area contributed by atoms with Crippen molar-refractivity contribution in [1.82, 2.24) is 9.55 Å². The zero-order valence-corrected chi connectivity index (χ0v) is 27.3. The molecule has 12 nitrogen and oxygen atoms in total. The molecule has 5 rings (SSSR count). The molecule has 1 aliphatic heterocycles. The van der Waals surface area contributed by atoms with Crippen molar-refractivity contribution in [1.29, 1.82) is 0 Å². The second-order valence-corrected chi connectivity index (χ2v) is 16.2. The van der Waals surface area contributed by atoms with Gasteiger partial charge in [-0.15, -0.1) is 0 Å². The summed E-state index contributed by atoms with van der Waals surface area (Å²) in [5.74, 6) is 1.38. The number of nitrogens with zero attached hydrogens (tertiary/aromatic N) is 4. The Morgan fingerprint density at radius 3 is 1.96 bits per heavy atom. The van der Waals surface area contributed by atoms with E-state index in [0.717, 1.165) is 16.7 Å². The molecule has 2 heterocycles. The molecule has 0 spiro atoms. The van der Waals surface area contributed by atoms with Crippen molar-refractivity contribution in [3.8, 4) is 11.5 Å². The van der Waals surface area contributed by atoms with Crippen LogP contribution in [0.4, 0.5) is 0 Å². The quantitative estimate of drug-likeness (QED) is 0.0718. The number of benzene rings is 3. The maximum Gasteiger partial charge on any atom is 0.330 e. The van der Waals surface area contributed by atoms with Gasteiger partial charge in [-0.05, 0) is 66.1 Å². The molecular weight excluding hydrogens is 606 g/mol. The van der Waals surface area contributed by atoms with Crippen LogP contribution >= 0.6 is 0 Å². The largest absolute Gasteiger partial charge is 0.497 e. The fraction of sp³-hybridized carbons (Fsp3) is 0.333. The molecule has 46 heavy (non-hydrogen) atoms. The minimum absolute atomic E-state index is 0.0197. The van der Waals surface area contributed by atoms with Crippen LogP contribution in [0.2, 0.25) is 19.6 Å². The van der Waals surface area contributed by atoms with Gasteiger partial charge in [-0.25, -0.2) is 4.79 Å². The van der Waals surface area contributed by atoms with Crippen LogP contribution in [0.15, 0.2) is 106 Å². The number of azide groups is 1. The molecule has 4 aromatic rings. The van der Waals surface area contributed by atoms with Crippen LogP contribution in [0.1, 0.15) is 22.9 Å². The average Bonchev–Trinajstić information content (AvgIpc) is 3.37. The van der Waals surface area contributed by atoms with Gasteiger partial charge in [0.2, 0.25) is 0 Å². The van der Waals surface area contributed by atoms with Gasteiger partial charge in [-0.3, -0.25) is 14.3 Å². The Bertz CT molecular complexity index is 1740. The van der Waals surface area contributed by atoms with Crippen LogP contribution in [-0.2, 0) is 19.5 Å². The van der Waals surface area contributed by atoms with Gasteiger partial charge in [-0.1, -0.05) is 59.7 Å². The summed E-state index contributed by atoms with van der Waals surface area (Å²) < 4.78 is 32.2. The molecule has 13 heteroatoms. The molecule has 0 aliphatic carbocycles. The fourth-order valence-corrected chi connectivity index (χ4v) is 6.84. The monoisotopic (exact) mass is 643 g/mol. The Hall–Kier alpha value is -4.65. The Morgan fingerprint density at radius 2 is 1.46 bits per heavy atom. The summed E-state index contributed by atoms with van der Waals surface area (Å²) in [6.45, 7) is 6.02. The van der Waals surface area contributed by atoms with E-state index in [2.05, 4.69) is 15.0 Å². The Kier molecular flexibility index (Phi) is 9.80. The summed E-state index contributed by atoms with van der Waals surface area (Å²) >= 11 is 0. The Morgan fingerprint density at radius 1 is 0.891 bits per heavy atom. The van der Waals surface area contributed by atoms with E-state index in [1.165, 1.54) is 16.8 Å². The summed E-state index contributed by atoms with van der Waals surface area (Å²) in [6, 6.07) is 25.4. The molecule has 0 radical (unpaired) electrons. The molecule has 0 saturated carbocycles. The second-order valence-electron chi connectivity index (χ2n) is 11.8. The molecule has 1 fully saturated rings. The van der Waals surface area contributed by atoms with Crippen molar-refractivity contribution in [3.63, 3.8) is 0 Å². The van der Waals surface area contributed by atoms with Crippen molar-refractivity contribution < 1.29 is 23.4 Å². The number of hydrogen-bond donors (Lipinski definition) is 1. The van der Waals surface area contributed by atoms with Gasteiger partial charge in [0, 0.05) is 17.2 Å². The normalized spacial score (nSPS) is 19.8. The highest BCUT2D eigenvalue weighted by Crippen LogP contribution is 2.43. The van der Waals surface area contributed by atoms with Crippen molar-refractivity contribution in [2.45, 2.75) is 49.7 Å². The van der Waals surface area contributed by atoms with E-state index in [0.29, 0.717) is 11.5 Å². The zero-order valence-electron chi connectivity index (χ0n) is 26.3. The molecule has 240 valence electrons. The highest BCUT2D eigenvalue weighted by molar-refractivity contribution is 6.69. The lowest BCUT2D eigenvalue weighted by Crippen LogP contribution is -2.45. The smallest absolute Gasteiger partial charge is 0.330 e. The maximum absolute atomic E-state index is 12.9. The molecule has 4 atom stereocenters. The highest BCUT2D eigenvalue weighted by atomic mass is 28.4. The second kappa shape index (κ2) is 13.8. The van der Waals surface area contributed by atoms with E-state index in [1.54, 1.807) is 14.2 Å². The van der Waals surface area contributed by atoms with Crippen molar-refractivity contribution in [2.24, 2.45) is 5.11 Å². The molecule has 0 unspecified atom stereocenters. The molecule has 1 aliphatic rings. The van der Waals surface area contributed by atoms with Crippen LogP contribution in [0.25, 0.3) is 10.4 Å². The van der Waals surface area contributed by atoms with E-state index in [9.17, 15) is 15.1 Å². The van der Waals surface area contributed by atoms with Crippen molar-refractivity contribution in [3.05, 3.63) is 139 Å². The number of H-pyrrole nitrogens is 1. The topological polar surface area (TPSA) is 150 Å². The van der Waals surface area contributed by atoms with Gasteiger partial charge in [0.05, 0.1) is 26.9 Å². The molecule has 1 aromatic heterocycles. The Balaban J connectivity index is 1.64. The first-order chi connectivity index (χ1) is 22.1. The lowest BCUT2D eigenvalue weighted by molar-refractivity contribution is -0.0926. The molecule has 1 saturated heterocycles. The number of nitrogens with one attached hydrogen (secondary N) is 1. The number of methoxy groups -OCH3 is 2. The number of hydrogen-bond acceptors (Lipinski definition) is 8. The summed E-state index contributed by atoms with van der Waals surface area (Å²) in [5, 5.41) is 4.04. The van der Waals surface area contributed by atoms with Crippen LogP contribution < -0.4 is 20.7 Å². The maximum atomic E-state index is 12.9. The van der Waals surface area contributed by atoms with Crippen LogP contribution in [0.5, 0.6) is 11.5 Å².